The van der Waals surface area contributed by atoms with E-state index in [-0.39, 0.29) is 36.5 Å². The largest absolute Gasteiger partial charge is 0.458 e. The second kappa shape index (κ2) is 10.6. The molecule has 0 aromatic heterocycles. The summed E-state index contributed by atoms with van der Waals surface area (Å²) in [6.45, 7) is 7.48. The van der Waals surface area contributed by atoms with Crippen LogP contribution >= 0.6 is 0 Å². The summed E-state index contributed by atoms with van der Waals surface area (Å²) in [6.07, 6.45) is 1.13. The molecule has 3 rings (SSSR count). The number of piperidine rings is 1. The SMILES string of the molecule is CC(C)(C)OC(=O)COC1CCN(C(=O)[C@@H]2C[C@@H](O)CN2Cc2ccc(C(=N)N)cc2)CC1. The lowest BCUT2D eigenvalue weighted by Crippen LogP contribution is -2.49. The van der Waals surface area contributed by atoms with Crippen LogP contribution in [0.2, 0.25) is 0 Å². The molecule has 1 aromatic rings. The van der Waals surface area contributed by atoms with E-state index in [0.717, 1.165) is 5.56 Å². The van der Waals surface area contributed by atoms with E-state index in [9.17, 15) is 14.7 Å². The van der Waals surface area contributed by atoms with Crippen molar-refractivity contribution in [3.05, 3.63) is 35.4 Å². The highest BCUT2D eigenvalue weighted by molar-refractivity contribution is 5.94. The average Bonchev–Trinajstić information content (AvgIpc) is 3.11. The molecule has 0 radical (unpaired) electrons. The molecule has 2 aliphatic rings. The number of benzene rings is 1. The number of aliphatic hydroxyl groups is 1. The molecule has 1 aromatic carbocycles. The average molecular weight is 461 g/mol. The Bertz CT molecular complexity index is 843. The number of nitrogens with one attached hydrogen (secondary N) is 1. The lowest BCUT2D eigenvalue weighted by Gasteiger charge is -2.35. The van der Waals surface area contributed by atoms with Gasteiger partial charge in [0.15, 0.2) is 0 Å². The van der Waals surface area contributed by atoms with E-state index in [4.69, 9.17) is 20.6 Å². The number of aliphatic hydroxyl groups excluding tert-OH is 1. The molecule has 2 aliphatic heterocycles. The Hall–Kier alpha value is -2.49. The molecule has 0 bridgehead atoms. The van der Waals surface area contributed by atoms with E-state index in [1.54, 1.807) is 12.1 Å². The van der Waals surface area contributed by atoms with E-state index in [1.165, 1.54) is 0 Å². The third kappa shape index (κ3) is 7.25. The number of esters is 1. The predicted octanol–water partition coefficient (Wildman–Crippen LogP) is 1.26. The lowest BCUT2D eigenvalue weighted by molar-refractivity contribution is -0.163. The molecule has 0 spiro atoms. The third-order valence-corrected chi connectivity index (χ3v) is 5.93. The molecular weight excluding hydrogens is 424 g/mol. The number of amides is 1. The topological polar surface area (TPSA) is 129 Å². The van der Waals surface area contributed by atoms with Gasteiger partial charge in [-0.05, 0) is 45.6 Å². The van der Waals surface area contributed by atoms with Crippen molar-refractivity contribution >= 4 is 17.7 Å². The molecule has 0 aliphatic carbocycles. The van der Waals surface area contributed by atoms with Crippen LogP contribution in [0.25, 0.3) is 0 Å². The maximum absolute atomic E-state index is 13.2. The van der Waals surface area contributed by atoms with Crippen molar-refractivity contribution in [1.29, 1.82) is 5.41 Å². The highest BCUT2D eigenvalue weighted by Crippen LogP contribution is 2.25. The van der Waals surface area contributed by atoms with Crippen LogP contribution < -0.4 is 5.73 Å². The van der Waals surface area contributed by atoms with Crippen LogP contribution in [0.3, 0.4) is 0 Å². The number of β-amino-alcohol motifs (C(OH)–C–C–N with tert-alkyl or cyclic N) is 1. The fourth-order valence-corrected chi connectivity index (χ4v) is 4.35. The van der Waals surface area contributed by atoms with Gasteiger partial charge >= 0.3 is 5.97 Å². The maximum Gasteiger partial charge on any atom is 0.332 e. The summed E-state index contributed by atoms with van der Waals surface area (Å²) in [5.41, 5.74) is 6.64. The van der Waals surface area contributed by atoms with Crippen LogP contribution in [0, 0.1) is 5.41 Å². The molecule has 4 N–H and O–H groups in total. The maximum atomic E-state index is 13.2. The van der Waals surface area contributed by atoms with E-state index in [0.29, 0.717) is 51.0 Å². The van der Waals surface area contributed by atoms with Crippen LogP contribution in [0.1, 0.15) is 51.2 Å². The summed E-state index contributed by atoms with van der Waals surface area (Å²) < 4.78 is 11.0. The molecule has 2 fully saturated rings. The molecule has 9 heteroatoms. The van der Waals surface area contributed by atoms with Gasteiger partial charge in [-0.2, -0.15) is 0 Å². The molecule has 0 saturated carbocycles. The minimum absolute atomic E-state index is 0.0182. The van der Waals surface area contributed by atoms with E-state index < -0.39 is 11.7 Å². The Morgan fingerprint density at radius 1 is 1.18 bits per heavy atom. The fraction of sp³-hybridized carbons (Fsp3) is 0.625. The number of likely N-dealkylation sites (tertiary alicyclic amines) is 2. The van der Waals surface area contributed by atoms with Gasteiger partial charge in [-0.3, -0.25) is 15.1 Å². The summed E-state index contributed by atoms with van der Waals surface area (Å²) in [5.74, 6) is -0.338. The van der Waals surface area contributed by atoms with Crippen molar-refractivity contribution in [2.24, 2.45) is 5.73 Å². The minimum Gasteiger partial charge on any atom is -0.458 e. The number of carbonyl (C=O) groups is 2. The quantitative estimate of drug-likeness (QED) is 0.317. The molecule has 33 heavy (non-hydrogen) atoms. The summed E-state index contributed by atoms with van der Waals surface area (Å²) in [4.78, 5) is 28.9. The second-order valence-corrected chi connectivity index (χ2v) is 9.87. The second-order valence-electron chi connectivity index (χ2n) is 9.87. The molecule has 9 nitrogen and oxygen atoms in total. The van der Waals surface area contributed by atoms with Crippen LogP contribution in [0.15, 0.2) is 24.3 Å². The van der Waals surface area contributed by atoms with Crippen molar-refractivity contribution < 1.29 is 24.2 Å². The van der Waals surface area contributed by atoms with Crippen molar-refractivity contribution in [1.82, 2.24) is 9.80 Å². The summed E-state index contributed by atoms with van der Waals surface area (Å²) >= 11 is 0. The van der Waals surface area contributed by atoms with Crippen LogP contribution in [0.4, 0.5) is 0 Å². The van der Waals surface area contributed by atoms with Gasteiger partial charge in [0.2, 0.25) is 5.91 Å². The van der Waals surface area contributed by atoms with Crippen molar-refractivity contribution in [3.63, 3.8) is 0 Å². The van der Waals surface area contributed by atoms with Crippen LogP contribution in [-0.4, -0.2) is 82.7 Å². The van der Waals surface area contributed by atoms with Gasteiger partial charge in [-0.1, -0.05) is 24.3 Å². The Morgan fingerprint density at radius 3 is 2.39 bits per heavy atom. The Labute approximate surface area is 195 Å². The Kier molecular flexibility index (Phi) is 8.10. The minimum atomic E-state index is -0.538. The third-order valence-electron chi connectivity index (χ3n) is 5.93. The van der Waals surface area contributed by atoms with Crippen molar-refractivity contribution in [3.8, 4) is 0 Å². The predicted molar refractivity (Wildman–Crippen MR) is 124 cm³/mol. The number of nitrogen functional groups attached to an aromatic ring is 1. The van der Waals surface area contributed by atoms with Gasteiger partial charge < -0.3 is 25.2 Å². The van der Waals surface area contributed by atoms with Gasteiger partial charge in [-0.15, -0.1) is 0 Å². The standard InChI is InChI=1S/C24H36N4O5/c1-24(2,3)33-21(30)15-32-19-8-10-27(11-9-19)23(31)20-12-18(29)14-28(20)13-16-4-6-17(7-5-16)22(25)26/h4-7,18-20,29H,8-15H2,1-3H3,(H3,25,26)/t18-,20+/m1/s1. The highest BCUT2D eigenvalue weighted by atomic mass is 16.6. The lowest BCUT2D eigenvalue weighted by atomic mass is 10.1. The Morgan fingerprint density at radius 2 is 1.82 bits per heavy atom. The highest BCUT2D eigenvalue weighted by Gasteiger charge is 2.39. The van der Waals surface area contributed by atoms with Gasteiger partial charge in [-0.25, -0.2) is 4.79 Å². The number of hydrogen-bond donors (Lipinski definition) is 3. The van der Waals surface area contributed by atoms with Crippen molar-refractivity contribution in [2.75, 3.05) is 26.2 Å². The monoisotopic (exact) mass is 460 g/mol. The molecule has 2 heterocycles. The number of nitrogens with two attached hydrogens (primary N) is 1. The van der Waals surface area contributed by atoms with Gasteiger partial charge in [0.25, 0.3) is 0 Å². The van der Waals surface area contributed by atoms with E-state index in [1.807, 2.05) is 42.7 Å². The number of amidine groups is 1. The first-order valence-corrected chi connectivity index (χ1v) is 11.5. The summed E-state index contributed by atoms with van der Waals surface area (Å²) in [7, 11) is 0. The number of rotatable bonds is 7. The zero-order valence-corrected chi connectivity index (χ0v) is 19.8. The molecule has 2 saturated heterocycles. The number of hydrogen-bond acceptors (Lipinski definition) is 7. The van der Waals surface area contributed by atoms with E-state index in [2.05, 4.69) is 0 Å². The van der Waals surface area contributed by atoms with Crippen LogP contribution in [0.5, 0.6) is 0 Å². The first-order chi connectivity index (χ1) is 15.5. The zero-order chi connectivity index (χ0) is 24.2. The zero-order valence-electron chi connectivity index (χ0n) is 19.8. The van der Waals surface area contributed by atoms with Crippen molar-refractivity contribution in [2.45, 2.75) is 70.4 Å². The number of ether oxygens (including phenoxy) is 2. The fourth-order valence-electron chi connectivity index (χ4n) is 4.35. The van der Waals surface area contributed by atoms with E-state index >= 15 is 0 Å². The first kappa shape index (κ1) is 25.1. The normalized spacial score (nSPS) is 22.4. The summed E-state index contributed by atoms with van der Waals surface area (Å²) in [5, 5.41) is 17.7. The molecule has 0 unspecified atom stereocenters. The molecule has 1 amide bonds. The molecule has 2 atom stereocenters. The van der Waals surface area contributed by atoms with Gasteiger partial charge in [0.05, 0.1) is 18.2 Å². The van der Waals surface area contributed by atoms with Crippen LogP contribution in [-0.2, 0) is 25.6 Å². The number of nitrogens with zero attached hydrogens (tertiary/aromatic N) is 2. The van der Waals surface area contributed by atoms with Gasteiger partial charge in [0, 0.05) is 31.7 Å². The Balaban J connectivity index is 1.50. The number of carbonyl (C=O) groups excluding carboxylic acids is 2. The summed E-state index contributed by atoms with van der Waals surface area (Å²) in [6, 6.07) is 7.02. The first-order valence-electron chi connectivity index (χ1n) is 11.5. The smallest absolute Gasteiger partial charge is 0.332 e. The molecule has 182 valence electrons. The molecular formula is C24H36N4O5. The van der Waals surface area contributed by atoms with Gasteiger partial charge in [0.1, 0.15) is 18.0 Å².